The number of nitrogens with zero attached hydrogens (tertiary/aromatic N) is 1. The van der Waals surface area contributed by atoms with Gasteiger partial charge >= 0.3 is 0 Å². The monoisotopic (exact) mass is 439 g/mol. The van der Waals surface area contributed by atoms with Crippen LogP contribution in [-0.2, 0) is 15.7 Å². The Hall–Kier alpha value is -0.630. The van der Waals surface area contributed by atoms with Gasteiger partial charge in [0, 0.05) is 33.1 Å². The number of hydrogen-bond donors (Lipinski definition) is 0. The van der Waals surface area contributed by atoms with Crippen LogP contribution in [0.5, 0.6) is 5.75 Å². The standard InChI is InChI=1S/C12H8Br2ClNO3S/c13-9-3-8(5-16-6-9)7-19-12-2-1-10(4-11(12)14)20(15,17)18/h1-6H,7H2. The van der Waals surface area contributed by atoms with E-state index >= 15 is 0 Å². The van der Waals surface area contributed by atoms with Crippen LogP contribution in [0.2, 0.25) is 0 Å². The topological polar surface area (TPSA) is 56.3 Å². The maximum Gasteiger partial charge on any atom is 0.261 e. The maximum atomic E-state index is 11.2. The van der Waals surface area contributed by atoms with Crippen molar-refractivity contribution in [3.05, 3.63) is 51.2 Å². The summed E-state index contributed by atoms with van der Waals surface area (Å²) in [5.41, 5.74) is 0.889. The van der Waals surface area contributed by atoms with Gasteiger partial charge in [-0.25, -0.2) is 8.42 Å². The number of aromatic nitrogens is 1. The first kappa shape index (κ1) is 15.8. The van der Waals surface area contributed by atoms with E-state index in [0.717, 1.165) is 10.0 Å². The number of hydrogen-bond acceptors (Lipinski definition) is 4. The predicted molar refractivity (Wildman–Crippen MR) is 83.4 cm³/mol. The minimum absolute atomic E-state index is 0.0162. The molecule has 0 radical (unpaired) electrons. The Bertz CT molecular complexity index is 737. The van der Waals surface area contributed by atoms with Crippen molar-refractivity contribution in [1.82, 2.24) is 4.98 Å². The molecule has 1 heterocycles. The molecule has 1 aromatic heterocycles. The zero-order valence-corrected chi connectivity index (χ0v) is 14.6. The predicted octanol–water partition coefficient (Wildman–Crippen LogP) is 4.11. The molecule has 106 valence electrons. The summed E-state index contributed by atoms with van der Waals surface area (Å²) in [5, 5.41) is 0. The third kappa shape index (κ3) is 4.18. The number of ether oxygens (including phenoxy) is 1. The smallest absolute Gasteiger partial charge is 0.261 e. The Morgan fingerprint density at radius 2 is 1.95 bits per heavy atom. The van der Waals surface area contributed by atoms with Crippen LogP contribution >= 0.6 is 42.5 Å². The zero-order valence-electron chi connectivity index (χ0n) is 9.89. The Labute approximate surface area is 137 Å². The van der Waals surface area contributed by atoms with Crippen LogP contribution in [0.15, 0.2) is 50.5 Å². The highest BCUT2D eigenvalue weighted by atomic mass is 79.9. The largest absolute Gasteiger partial charge is 0.488 e. The van der Waals surface area contributed by atoms with Crippen molar-refractivity contribution in [2.75, 3.05) is 0 Å². The summed E-state index contributed by atoms with van der Waals surface area (Å²) >= 11 is 6.58. The molecule has 0 fully saturated rings. The molecular weight excluding hydrogens is 433 g/mol. The molecule has 0 N–H and O–H groups in total. The number of halogens is 3. The fourth-order valence-electron chi connectivity index (χ4n) is 1.45. The lowest BCUT2D eigenvalue weighted by molar-refractivity contribution is 0.303. The lowest BCUT2D eigenvalue weighted by atomic mass is 10.3. The van der Waals surface area contributed by atoms with Gasteiger partial charge in [0.2, 0.25) is 0 Å². The lowest BCUT2D eigenvalue weighted by Gasteiger charge is -2.09. The lowest BCUT2D eigenvalue weighted by Crippen LogP contribution is -1.98. The minimum Gasteiger partial charge on any atom is -0.488 e. The molecular formula is C12H8Br2ClNO3S. The quantitative estimate of drug-likeness (QED) is 0.670. The molecule has 4 nitrogen and oxygen atoms in total. The maximum absolute atomic E-state index is 11.2. The van der Waals surface area contributed by atoms with Gasteiger partial charge in [-0.2, -0.15) is 0 Å². The second-order valence-electron chi connectivity index (χ2n) is 3.83. The van der Waals surface area contributed by atoms with E-state index in [0.29, 0.717) is 16.8 Å². The molecule has 2 rings (SSSR count). The van der Waals surface area contributed by atoms with E-state index in [1.807, 2.05) is 6.07 Å². The molecule has 0 amide bonds. The second kappa shape index (κ2) is 6.43. The SMILES string of the molecule is O=S(=O)(Cl)c1ccc(OCc2cncc(Br)c2)c(Br)c1. The first-order valence-electron chi connectivity index (χ1n) is 5.33. The van der Waals surface area contributed by atoms with Gasteiger partial charge in [0.05, 0.1) is 9.37 Å². The molecule has 0 bridgehead atoms. The first-order chi connectivity index (χ1) is 9.36. The Balaban J connectivity index is 2.15. The summed E-state index contributed by atoms with van der Waals surface area (Å²) in [6, 6.07) is 6.22. The van der Waals surface area contributed by atoms with Crippen molar-refractivity contribution < 1.29 is 13.2 Å². The highest BCUT2D eigenvalue weighted by Crippen LogP contribution is 2.29. The van der Waals surface area contributed by atoms with Crippen molar-refractivity contribution in [1.29, 1.82) is 0 Å². The fourth-order valence-corrected chi connectivity index (χ4v) is 3.28. The molecule has 0 aliphatic carbocycles. The van der Waals surface area contributed by atoms with Gasteiger partial charge < -0.3 is 4.74 Å². The summed E-state index contributed by atoms with van der Waals surface area (Å²) < 4.78 is 29.4. The second-order valence-corrected chi connectivity index (χ2v) is 8.17. The van der Waals surface area contributed by atoms with Crippen molar-refractivity contribution in [3.63, 3.8) is 0 Å². The summed E-state index contributed by atoms with van der Waals surface area (Å²) in [4.78, 5) is 4.05. The average molecular weight is 442 g/mol. The molecule has 1 aromatic carbocycles. The van der Waals surface area contributed by atoms with Gasteiger partial charge in [0.25, 0.3) is 9.05 Å². The molecule has 2 aromatic rings. The van der Waals surface area contributed by atoms with Crippen LogP contribution in [0.4, 0.5) is 0 Å². The van der Waals surface area contributed by atoms with Crippen LogP contribution in [0.1, 0.15) is 5.56 Å². The highest BCUT2D eigenvalue weighted by molar-refractivity contribution is 9.10. The van der Waals surface area contributed by atoms with Crippen LogP contribution < -0.4 is 4.74 Å². The van der Waals surface area contributed by atoms with Crippen molar-refractivity contribution in [2.45, 2.75) is 11.5 Å². The van der Waals surface area contributed by atoms with Gasteiger partial charge in [-0.05, 0) is 56.1 Å². The fraction of sp³-hybridized carbons (Fsp3) is 0.0833. The number of benzene rings is 1. The Morgan fingerprint density at radius 3 is 2.55 bits per heavy atom. The number of pyridine rings is 1. The van der Waals surface area contributed by atoms with Crippen LogP contribution in [-0.4, -0.2) is 13.4 Å². The van der Waals surface area contributed by atoms with E-state index in [2.05, 4.69) is 36.8 Å². The first-order valence-corrected chi connectivity index (χ1v) is 9.22. The van der Waals surface area contributed by atoms with Gasteiger partial charge in [0.15, 0.2) is 0 Å². The molecule has 8 heteroatoms. The third-order valence-electron chi connectivity index (χ3n) is 2.34. The summed E-state index contributed by atoms with van der Waals surface area (Å²) in [6.07, 6.45) is 3.37. The summed E-state index contributed by atoms with van der Waals surface area (Å²) in [5.74, 6) is 0.522. The normalized spacial score (nSPS) is 11.3. The van der Waals surface area contributed by atoms with Gasteiger partial charge in [0.1, 0.15) is 12.4 Å². The van der Waals surface area contributed by atoms with Gasteiger partial charge in [-0.15, -0.1) is 0 Å². The molecule has 0 saturated carbocycles. The molecule has 0 atom stereocenters. The zero-order chi connectivity index (χ0) is 14.8. The van der Waals surface area contributed by atoms with Gasteiger partial charge in [-0.1, -0.05) is 0 Å². The van der Waals surface area contributed by atoms with Crippen LogP contribution in [0.25, 0.3) is 0 Å². The minimum atomic E-state index is -3.74. The Morgan fingerprint density at radius 1 is 1.20 bits per heavy atom. The molecule has 0 spiro atoms. The van der Waals surface area contributed by atoms with E-state index in [1.165, 1.54) is 12.1 Å². The van der Waals surface area contributed by atoms with E-state index in [4.69, 9.17) is 15.4 Å². The highest BCUT2D eigenvalue weighted by Gasteiger charge is 2.12. The van der Waals surface area contributed by atoms with Crippen LogP contribution in [0, 0.1) is 0 Å². The molecule has 20 heavy (non-hydrogen) atoms. The van der Waals surface area contributed by atoms with Crippen molar-refractivity contribution in [2.24, 2.45) is 0 Å². The summed E-state index contributed by atoms with van der Waals surface area (Å²) in [7, 11) is 1.53. The van der Waals surface area contributed by atoms with Crippen molar-refractivity contribution >= 4 is 51.6 Å². The average Bonchev–Trinajstić information content (AvgIpc) is 2.36. The third-order valence-corrected chi connectivity index (χ3v) is 4.75. The van der Waals surface area contributed by atoms with E-state index < -0.39 is 9.05 Å². The molecule has 0 saturated heterocycles. The molecule has 0 unspecified atom stereocenters. The number of rotatable bonds is 4. The van der Waals surface area contributed by atoms with E-state index in [9.17, 15) is 8.42 Å². The molecule has 0 aliphatic heterocycles. The summed E-state index contributed by atoms with van der Waals surface area (Å²) in [6.45, 7) is 0.317. The molecule has 0 aliphatic rings. The Kier molecular flexibility index (Phi) is 5.06. The van der Waals surface area contributed by atoms with Gasteiger partial charge in [-0.3, -0.25) is 4.98 Å². The van der Waals surface area contributed by atoms with E-state index in [-0.39, 0.29) is 4.90 Å². The van der Waals surface area contributed by atoms with Crippen LogP contribution in [0.3, 0.4) is 0 Å². The van der Waals surface area contributed by atoms with Crippen molar-refractivity contribution in [3.8, 4) is 5.75 Å². The van der Waals surface area contributed by atoms with E-state index in [1.54, 1.807) is 18.5 Å².